The van der Waals surface area contributed by atoms with E-state index in [-0.39, 0.29) is 12.5 Å². The number of carbonyl (C=O) groups excluding carboxylic acids is 3. The van der Waals surface area contributed by atoms with E-state index >= 15 is 0 Å². The third-order valence-electron chi connectivity index (χ3n) is 5.10. The highest BCUT2D eigenvalue weighted by Crippen LogP contribution is 2.32. The molecule has 0 radical (unpaired) electrons. The van der Waals surface area contributed by atoms with Gasteiger partial charge in [-0.2, -0.15) is 0 Å². The zero-order valence-electron chi connectivity index (χ0n) is 16.8. The van der Waals surface area contributed by atoms with Gasteiger partial charge in [0.1, 0.15) is 18.9 Å². The summed E-state index contributed by atoms with van der Waals surface area (Å²) in [6, 6.07) is 14.7. The average Bonchev–Trinajstić information content (AvgIpc) is 3.38. The van der Waals surface area contributed by atoms with Gasteiger partial charge in [-0.25, -0.2) is 0 Å². The molecule has 160 valence electrons. The molecule has 2 saturated heterocycles. The highest BCUT2D eigenvalue weighted by atomic mass is 35.5. The molecule has 3 amide bonds. The van der Waals surface area contributed by atoms with E-state index in [0.29, 0.717) is 35.4 Å². The Bertz CT molecular complexity index is 1030. The summed E-state index contributed by atoms with van der Waals surface area (Å²) in [6.45, 7) is 1.58. The molecule has 8 heteroatoms. The summed E-state index contributed by atoms with van der Waals surface area (Å²) in [4.78, 5) is 40.2. The fraction of sp³-hybridized carbons (Fsp3) is 0.261. The first-order valence-corrected chi connectivity index (χ1v) is 11.2. The second kappa shape index (κ2) is 9.58. The number of nitrogens with zero attached hydrogens (tertiary/aromatic N) is 2. The van der Waals surface area contributed by atoms with Crippen LogP contribution in [0.1, 0.15) is 24.0 Å². The summed E-state index contributed by atoms with van der Waals surface area (Å²) in [5.74, 6) is 0.0764. The van der Waals surface area contributed by atoms with Crippen molar-refractivity contribution < 1.29 is 19.1 Å². The zero-order valence-corrected chi connectivity index (χ0v) is 18.3. The second-order valence-electron chi connectivity index (χ2n) is 7.34. The first-order chi connectivity index (χ1) is 15.0. The number of carbonyl (C=O) groups is 3. The molecule has 0 unspecified atom stereocenters. The molecule has 0 saturated carbocycles. The van der Waals surface area contributed by atoms with Crippen molar-refractivity contribution in [2.24, 2.45) is 0 Å². The van der Waals surface area contributed by atoms with Crippen LogP contribution in [-0.4, -0.2) is 46.5 Å². The number of hydrogen-bond acceptors (Lipinski definition) is 5. The van der Waals surface area contributed by atoms with Gasteiger partial charge >= 0.3 is 0 Å². The summed E-state index contributed by atoms with van der Waals surface area (Å²) < 4.78 is 5.76. The Kier molecular flexibility index (Phi) is 6.63. The molecule has 2 aliphatic heterocycles. The average molecular weight is 457 g/mol. The van der Waals surface area contributed by atoms with Crippen molar-refractivity contribution in [2.75, 3.05) is 19.6 Å². The summed E-state index contributed by atoms with van der Waals surface area (Å²) in [5.41, 5.74) is 1.74. The van der Waals surface area contributed by atoms with E-state index in [1.807, 2.05) is 36.4 Å². The van der Waals surface area contributed by atoms with Gasteiger partial charge in [0, 0.05) is 18.1 Å². The summed E-state index contributed by atoms with van der Waals surface area (Å²) in [5, 5.41) is 0.248. The molecule has 0 atom stereocenters. The molecule has 2 fully saturated rings. The molecule has 6 nitrogen and oxygen atoms in total. The Labute approximate surface area is 189 Å². The molecule has 2 aromatic rings. The smallest absolute Gasteiger partial charge is 0.294 e. The molecule has 0 spiro atoms. The lowest BCUT2D eigenvalue weighted by atomic mass is 10.2. The fourth-order valence-corrected chi connectivity index (χ4v) is 4.49. The van der Waals surface area contributed by atoms with Crippen LogP contribution in [0.4, 0.5) is 4.79 Å². The quantitative estimate of drug-likeness (QED) is 0.595. The molecular formula is C23H21ClN2O4S. The topological polar surface area (TPSA) is 66.9 Å². The number of ether oxygens (including phenoxy) is 1. The Hall–Kier alpha value is -2.77. The number of likely N-dealkylation sites (tertiary alicyclic amines) is 1. The van der Waals surface area contributed by atoms with Crippen molar-refractivity contribution >= 4 is 46.5 Å². The van der Waals surface area contributed by atoms with Gasteiger partial charge in [0.05, 0.1) is 4.91 Å². The van der Waals surface area contributed by atoms with Crippen molar-refractivity contribution in [3.05, 3.63) is 69.6 Å². The molecule has 2 heterocycles. The van der Waals surface area contributed by atoms with E-state index in [1.54, 1.807) is 23.1 Å². The lowest BCUT2D eigenvalue weighted by Crippen LogP contribution is -2.40. The maximum Gasteiger partial charge on any atom is 0.294 e. The van der Waals surface area contributed by atoms with Crippen molar-refractivity contribution in [1.82, 2.24) is 9.80 Å². The monoisotopic (exact) mass is 456 g/mol. The van der Waals surface area contributed by atoms with Gasteiger partial charge in [0.15, 0.2) is 0 Å². The van der Waals surface area contributed by atoms with Crippen molar-refractivity contribution in [1.29, 1.82) is 0 Å². The van der Waals surface area contributed by atoms with Crippen LogP contribution in [0, 0.1) is 0 Å². The van der Waals surface area contributed by atoms with Crippen LogP contribution >= 0.6 is 23.4 Å². The van der Waals surface area contributed by atoms with E-state index in [9.17, 15) is 14.4 Å². The van der Waals surface area contributed by atoms with Crippen LogP contribution < -0.4 is 4.74 Å². The van der Waals surface area contributed by atoms with E-state index in [4.69, 9.17) is 16.3 Å². The van der Waals surface area contributed by atoms with Gasteiger partial charge in [0.25, 0.3) is 11.1 Å². The highest BCUT2D eigenvalue weighted by Gasteiger charge is 2.37. The number of thioether (sulfide) groups is 1. The number of amides is 3. The largest absolute Gasteiger partial charge is 0.489 e. The Balaban J connectivity index is 1.37. The van der Waals surface area contributed by atoms with Crippen LogP contribution in [0.2, 0.25) is 5.02 Å². The Morgan fingerprint density at radius 2 is 1.84 bits per heavy atom. The van der Waals surface area contributed by atoms with Crippen molar-refractivity contribution in [3.8, 4) is 5.75 Å². The van der Waals surface area contributed by atoms with Crippen molar-refractivity contribution in [3.63, 3.8) is 0 Å². The predicted molar refractivity (Wildman–Crippen MR) is 121 cm³/mol. The van der Waals surface area contributed by atoms with Gasteiger partial charge in [-0.15, -0.1) is 0 Å². The van der Waals surface area contributed by atoms with Crippen LogP contribution in [0.5, 0.6) is 5.75 Å². The minimum atomic E-state index is -0.427. The molecule has 2 aromatic carbocycles. The maximum atomic E-state index is 12.6. The summed E-state index contributed by atoms with van der Waals surface area (Å²) in [7, 11) is 0. The summed E-state index contributed by atoms with van der Waals surface area (Å²) in [6.07, 6.45) is 3.59. The van der Waals surface area contributed by atoms with E-state index in [1.165, 1.54) is 0 Å². The Morgan fingerprint density at radius 1 is 1.10 bits per heavy atom. The van der Waals surface area contributed by atoms with E-state index < -0.39 is 11.1 Å². The summed E-state index contributed by atoms with van der Waals surface area (Å²) >= 11 is 6.84. The SMILES string of the molecule is O=C(CN1C(=O)S/C(=C\c2ccc(OCc3cccc(Cl)c3)cc2)C1=O)N1CCCC1. The zero-order chi connectivity index (χ0) is 21.8. The number of halogens is 1. The number of rotatable bonds is 6. The standard InChI is InChI=1S/C23H21ClN2O4S/c24-18-5-3-4-17(12-18)15-30-19-8-6-16(7-9-19)13-20-22(28)26(23(29)31-20)14-21(27)25-10-1-2-11-25/h3-9,12-13H,1-2,10-11,14-15H2/b20-13-. The minimum Gasteiger partial charge on any atom is -0.489 e. The van der Waals surface area contributed by atoms with Gasteiger partial charge in [0.2, 0.25) is 5.91 Å². The number of benzene rings is 2. The Morgan fingerprint density at radius 3 is 2.55 bits per heavy atom. The molecule has 0 aromatic heterocycles. The van der Waals surface area contributed by atoms with Gasteiger partial charge in [-0.3, -0.25) is 19.3 Å². The second-order valence-corrected chi connectivity index (χ2v) is 8.77. The first-order valence-electron chi connectivity index (χ1n) is 10.00. The third-order valence-corrected chi connectivity index (χ3v) is 6.24. The molecule has 0 bridgehead atoms. The number of hydrogen-bond donors (Lipinski definition) is 0. The highest BCUT2D eigenvalue weighted by molar-refractivity contribution is 8.18. The van der Waals surface area contributed by atoms with Crippen LogP contribution in [0.3, 0.4) is 0 Å². The van der Waals surface area contributed by atoms with Gasteiger partial charge < -0.3 is 9.64 Å². The molecule has 0 aliphatic carbocycles. The van der Waals surface area contributed by atoms with E-state index in [0.717, 1.165) is 40.6 Å². The number of imide groups is 1. The molecule has 4 rings (SSSR count). The lowest BCUT2D eigenvalue weighted by molar-refractivity contribution is -0.135. The van der Waals surface area contributed by atoms with Crippen LogP contribution in [0.25, 0.3) is 6.08 Å². The normalized spacial score (nSPS) is 17.6. The third kappa shape index (κ3) is 5.29. The van der Waals surface area contributed by atoms with Gasteiger partial charge in [-0.05, 0) is 66.1 Å². The predicted octanol–water partition coefficient (Wildman–Crippen LogP) is 4.58. The first kappa shape index (κ1) is 21.5. The van der Waals surface area contributed by atoms with Crippen LogP contribution in [0.15, 0.2) is 53.4 Å². The lowest BCUT2D eigenvalue weighted by Gasteiger charge is -2.18. The molecule has 2 aliphatic rings. The molecule has 0 N–H and O–H groups in total. The van der Waals surface area contributed by atoms with Crippen molar-refractivity contribution in [2.45, 2.75) is 19.4 Å². The van der Waals surface area contributed by atoms with Crippen LogP contribution in [-0.2, 0) is 16.2 Å². The van der Waals surface area contributed by atoms with Gasteiger partial charge in [-0.1, -0.05) is 35.9 Å². The maximum absolute atomic E-state index is 12.6. The fourth-order valence-electron chi connectivity index (χ4n) is 3.44. The van der Waals surface area contributed by atoms with E-state index in [2.05, 4.69) is 0 Å². The molecule has 31 heavy (non-hydrogen) atoms. The minimum absolute atomic E-state index is 0.178. The molecular weight excluding hydrogens is 436 g/mol.